The molecule has 0 aliphatic heterocycles. The maximum absolute atomic E-state index is 9.79. The quantitative estimate of drug-likeness (QED) is 0.137. The Kier molecular flexibility index (Phi) is 10.3. The van der Waals surface area contributed by atoms with Crippen LogP contribution in [0.1, 0.15) is 51.2 Å². The van der Waals surface area contributed by atoms with Crippen molar-refractivity contribution in [3.63, 3.8) is 0 Å². The first-order valence-electron chi connectivity index (χ1n) is 33.2. The van der Waals surface area contributed by atoms with Gasteiger partial charge in [-0.2, -0.15) is 0 Å². The van der Waals surface area contributed by atoms with Crippen LogP contribution in [0.15, 0.2) is 267 Å². The molecule has 0 unspecified atom stereocenters. The fraction of sp³-hybridized carbons (Fsp3) is 0.0769. The van der Waals surface area contributed by atoms with E-state index in [4.69, 9.17) is 12.5 Å². The number of hydrogen-bond donors (Lipinski definition) is 0. The number of hydrogen-bond acceptors (Lipinski definition) is 2. The van der Waals surface area contributed by atoms with Crippen LogP contribution in [0.25, 0.3) is 122 Å². The maximum atomic E-state index is 9.79. The molecule has 15 rings (SSSR count). The predicted octanol–water partition coefficient (Wildman–Crippen LogP) is 20.5. The number of nitrogens with zero attached hydrogens (tertiary/aromatic N) is 5. The van der Waals surface area contributed by atoms with Crippen molar-refractivity contribution in [2.45, 2.75) is 40.0 Å². The van der Waals surface area contributed by atoms with Gasteiger partial charge < -0.3 is 0 Å². The monoisotopic (exact) mass is 1290 g/mol. The number of para-hydroxylation sites is 3. The summed E-state index contributed by atoms with van der Waals surface area (Å²) in [7, 11) is 0. The third-order valence-electron chi connectivity index (χ3n) is 16.2. The van der Waals surface area contributed by atoms with E-state index in [1.807, 2.05) is 105 Å². The number of fused-ring (bicyclic) bond motifs is 7. The van der Waals surface area contributed by atoms with Gasteiger partial charge in [-0.25, -0.2) is 0 Å². The summed E-state index contributed by atoms with van der Waals surface area (Å²) in [5.41, 5.74) is 13.3. The summed E-state index contributed by atoms with van der Waals surface area (Å²) in [6, 6.07) is 61.3. The molecule has 0 spiro atoms. The van der Waals surface area contributed by atoms with Gasteiger partial charge in [0.1, 0.15) is 0 Å². The zero-order chi connectivity index (χ0) is 66.2. The Morgan fingerprint density at radius 3 is 1.53 bits per heavy atom. The summed E-state index contributed by atoms with van der Waals surface area (Å²) in [4.78, 5) is 4.89. The molecule has 4 heterocycles. The summed E-state index contributed by atoms with van der Waals surface area (Å²) in [6.45, 7) is 10.7. The molecule has 6 nitrogen and oxygen atoms in total. The van der Waals surface area contributed by atoms with E-state index in [2.05, 4.69) is 162 Å². The van der Waals surface area contributed by atoms with Crippen LogP contribution in [0.5, 0.6) is 11.5 Å². The molecule has 0 saturated carbocycles. The molecule has 7 heteroatoms. The first-order chi connectivity index (χ1) is 45.6. The first-order valence-corrected chi connectivity index (χ1v) is 29.3. The Balaban J connectivity index is 0.988. The standard InChI is InChI=1S/C78H59N5O.Pt/c1-51-27-31-53(32-28-51)57-35-39-71-68(43-57)69-44-58(54-33-29-52(2)30-34-54)36-40-72(69)82(71)61-47-66(55-17-8-6-9-18-55)77(67(48-61)56-19-10-7-11-20-56)81-50-80(73-25-14-15-26-74(73)81)60-21-16-22-62(46-60)84-63-37-38-65-64-23-12-13-24-70(64)83(75(65)49-63)76-45-59(41-42-79-76)78(3,4)5;/h6-49H,1-5H3;/i6D,7D,8D,9D,10D,11D,17D,18D,19D,20D;. The van der Waals surface area contributed by atoms with Gasteiger partial charge in [-0.1, -0.05) is 92.6 Å². The number of rotatable bonds is 10. The van der Waals surface area contributed by atoms with Crippen LogP contribution in [0, 0.1) is 17.7 Å². The number of benzene rings is 11. The number of aromatic nitrogens is 5. The van der Waals surface area contributed by atoms with Gasteiger partial charge in [-0.15, -0.1) is 0 Å². The zero-order valence-corrected chi connectivity index (χ0v) is 49.4. The Labute approximate surface area is 519 Å². The zero-order valence-electron chi connectivity index (χ0n) is 57.1. The Morgan fingerprint density at radius 2 is 0.929 bits per heavy atom. The van der Waals surface area contributed by atoms with E-state index in [0.29, 0.717) is 37.7 Å². The summed E-state index contributed by atoms with van der Waals surface area (Å²) >= 11 is 2.22. The average Bonchev–Trinajstić information content (AvgIpc) is 1.67. The Bertz CT molecular complexity index is 5550. The Hall–Kier alpha value is -9.87. The van der Waals surface area contributed by atoms with E-state index in [0.717, 1.165) is 88.4 Å². The Morgan fingerprint density at radius 1 is 0.400 bits per heavy atom. The summed E-state index contributed by atoms with van der Waals surface area (Å²) in [6.07, 6.45) is 1.86. The van der Waals surface area contributed by atoms with Crippen molar-refractivity contribution in [3.05, 3.63) is 287 Å². The van der Waals surface area contributed by atoms with E-state index >= 15 is 0 Å². The number of ether oxygens (including phenoxy) is 1. The number of imidazole rings is 1. The van der Waals surface area contributed by atoms with Crippen molar-refractivity contribution >= 4 is 54.6 Å². The summed E-state index contributed by atoms with van der Waals surface area (Å²) < 4.78 is 109. The fourth-order valence-electron chi connectivity index (χ4n) is 12.0. The fourth-order valence-corrected chi connectivity index (χ4v) is 13.0. The van der Waals surface area contributed by atoms with E-state index in [-0.39, 0.29) is 33.4 Å². The molecule has 412 valence electrons. The van der Waals surface area contributed by atoms with E-state index < -0.39 is 60.4 Å². The minimum absolute atomic E-state index is 0.113. The second kappa shape index (κ2) is 20.8. The van der Waals surface area contributed by atoms with E-state index in [1.165, 1.54) is 0 Å². The van der Waals surface area contributed by atoms with E-state index in [9.17, 15) is 11.0 Å². The van der Waals surface area contributed by atoms with Gasteiger partial charge in [0.25, 0.3) is 0 Å². The van der Waals surface area contributed by atoms with Crippen molar-refractivity contribution in [3.8, 4) is 78.9 Å². The molecule has 0 fully saturated rings. The molecule has 0 aliphatic carbocycles. The van der Waals surface area contributed by atoms with E-state index in [1.54, 1.807) is 12.1 Å². The van der Waals surface area contributed by atoms with Crippen molar-refractivity contribution in [1.29, 1.82) is 0 Å². The molecule has 0 amide bonds. The van der Waals surface area contributed by atoms with Crippen molar-refractivity contribution in [2.24, 2.45) is 0 Å². The molecule has 0 radical (unpaired) electrons. The van der Waals surface area contributed by atoms with Gasteiger partial charge in [0.05, 0.1) is 0 Å². The molecule has 0 saturated heterocycles. The molecule has 15 aromatic rings. The molecular weight excluding hydrogens is 1220 g/mol. The molecule has 0 aliphatic rings. The third-order valence-corrected chi connectivity index (χ3v) is 17.2. The molecular formula is C78H59N5OPt. The second-order valence-corrected chi connectivity index (χ2v) is 23.6. The van der Waals surface area contributed by atoms with Crippen molar-refractivity contribution < 1.29 is 37.8 Å². The SMILES string of the molecule is [2H]c1c([2H])c([2H])c(-c2cc(-n3c4ccc(-c5ccc(C)cc5)cc4c4cc(-c5ccc(C)cc5)ccc43)cc(-c3c([2H])c([2H])c([2H])c([2H])c3[2H])c2-n2[c](=[Pt])n(-c3cccc(Oc4ccc5c6ccccc6n(-c6cc(C(C)(C)C)ccn6)c5c4)c3)c3ccccc32)c([2H])c1[2H]. The molecule has 0 bridgehead atoms. The van der Waals surface area contributed by atoms with Gasteiger partial charge in [0, 0.05) is 6.20 Å². The van der Waals surface area contributed by atoms with Gasteiger partial charge in [0.2, 0.25) is 0 Å². The van der Waals surface area contributed by atoms with Crippen molar-refractivity contribution in [2.75, 3.05) is 0 Å². The summed E-state index contributed by atoms with van der Waals surface area (Å²) in [5.74, 6) is 1.89. The molecule has 0 N–H and O–H groups in total. The topological polar surface area (TPSA) is 41.8 Å². The van der Waals surface area contributed by atoms with Crippen LogP contribution in [-0.4, -0.2) is 23.3 Å². The van der Waals surface area contributed by atoms with Crippen LogP contribution >= 0.6 is 0 Å². The molecule has 11 aromatic carbocycles. The number of aryl methyl sites for hydroxylation is 2. The second-order valence-electron chi connectivity index (χ2n) is 22.6. The van der Waals surface area contributed by atoms with Gasteiger partial charge in [-0.05, 0) is 30.9 Å². The van der Waals surface area contributed by atoms with Gasteiger partial charge in [-0.3, -0.25) is 0 Å². The average molecular weight is 1290 g/mol. The molecule has 0 atom stereocenters. The van der Waals surface area contributed by atoms with Crippen LogP contribution in [0.2, 0.25) is 0 Å². The minimum atomic E-state index is -0.588. The summed E-state index contributed by atoms with van der Waals surface area (Å²) in [5, 5.41) is 3.90. The predicted molar refractivity (Wildman–Crippen MR) is 349 cm³/mol. The van der Waals surface area contributed by atoms with Gasteiger partial charge in [0.15, 0.2) is 0 Å². The van der Waals surface area contributed by atoms with Crippen LogP contribution in [0.3, 0.4) is 0 Å². The van der Waals surface area contributed by atoms with Crippen LogP contribution in [-0.2, 0) is 24.8 Å². The number of pyridine rings is 1. The van der Waals surface area contributed by atoms with Crippen LogP contribution in [0.4, 0.5) is 0 Å². The molecule has 85 heavy (non-hydrogen) atoms. The van der Waals surface area contributed by atoms with Crippen LogP contribution < -0.4 is 4.74 Å². The first kappa shape index (κ1) is 42.0. The van der Waals surface area contributed by atoms with Crippen molar-refractivity contribution in [1.82, 2.24) is 23.3 Å². The van der Waals surface area contributed by atoms with Gasteiger partial charge >= 0.3 is 392 Å². The third kappa shape index (κ3) is 9.17. The normalized spacial score (nSPS) is 13.5. The molecule has 4 aromatic heterocycles.